The van der Waals surface area contributed by atoms with Crippen molar-refractivity contribution >= 4 is 11.6 Å². The maximum Gasteiger partial charge on any atom is 0.247 e. The number of aryl methyl sites for hydroxylation is 1. The monoisotopic (exact) mass is 245 g/mol. The van der Waals surface area contributed by atoms with Crippen LogP contribution < -0.4 is 5.32 Å². The topological polar surface area (TPSA) is 46.9 Å². The number of hydrogen-bond acceptors (Lipinski definition) is 2. The average Bonchev–Trinajstić information content (AvgIpc) is 2.75. The minimum Gasteiger partial charge on any atom is -0.322 e. The maximum atomic E-state index is 13.9. The van der Waals surface area contributed by atoms with Crippen molar-refractivity contribution in [3.05, 3.63) is 54.6 Å². The normalized spacial score (nSPS) is 10.1. The molecule has 0 unspecified atom stereocenters. The molecular formula is C13H12FN3O. The smallest absolute Gasteiger partial charge is 0.247 e. The summed E-state index contributed by atoms with van der Waals surface area (Å²) in [6.07, 6.45) is 4.50. The Morgan fingerprint density at radius 3 is 2.89 bits per heavy atom. The third-order valence-corrected chi connectivity index (χ3v) is 2.36. The standard InChI is InChI=1S/C13H12FN3O/c1-3-13(18)16-10-4-5-12(11(14)6-10)17-8-9(2)7-15-17/h3-8H,1H2,2H3,(H,16,18). The summed E-state index contributed by atoms with van der Waals surface area (Å²) in [5.74, 6) is -0.836. The summed E-state index contributed by atoms with van der Waals surface area (Å²) in [4.78, 5) is 11.1. The highest BCUT2D eigenvalue weighted by molar-refractivity contribution is 5.98. The van der Waals surface area contributed by atoms with E-state index < -0.39 is 5.82 Å². The Morgan fingerprint density at radius 2 is 2.33 bits per heavy atom. The van der Waals surface area contributed by atoms with Gasteiger partial charge in [0.1, 0.15) is 5.69 Å². The molecule has 2 aromatic rings. The molecular weight excluding hydrogens is 233 g/mol. The summed E-state index contributed by atoms with van der Waals surface area (Å²) in [5, 5.41) is 6.52. The number of rotatable bonds is 3. The molecule has 0 aliphatic rings. The average molecular weight is 245 g/mol. The molecule has 18 heavy (non-hydrogen) atoms. The third-order valence-electron chi connectivity index (χ3n) is 2.36. The molecule has 0 fully saturated rings. The van der Waals surface area contributed by atoms with Gasteiger partial charge in [-0.2, -0.15) is 5.10 Å². The number of nitrogens with one attached hydrogen (secondary N) is 1. The highest BCUT2D eigenvalue weighted by Gasteiger charge is 2.07. The van der Waals surface area contributed by atoms with Gasteiger partial charge >= 0.3 is 0 Å². The first-order valence-electron chi connectivity index (χ1n) is 5.35. The molecule has 0 bridgehead atoms. The predicted molar refractivity (Wildman–Crippen MR) is 67.1 cm³/mol. The molecule has 1 aromatic carbocycles. The van der Waals surface area contributed by atoms with Crippen LogP contribution in [0.1, 0.15) is 5.56 Å². The Balaban J connectivity index is 2.30. The van der Waals surface area contributed by atoms with Crippen LogP contribution in [-0.4, -0.2) is 15.7 Å². The van der Waals surface area contributed by atoms with Gasteiger partial charge in [0.25, 0.3) is 0 Å². The number of nitrogens with zero attached hydrogens (tertiary/aromatic N) is 2. The van der Waals surface area contributed by atoms with Crippen molar-refractivity contribution in [2.75, 3.05) is 5.32 Å². The molecule has 4 nitrogen and oxygen atoms in total. The second-order valence-corrected chi connectivity index (χ2v) is 3.82. The molecule has 1 amide bonds. The van der Waals surface area contributed by atoms with Gasteiger partial charge in [-0.05, 0) is 36.8 Å². The fraction of sp³-hybridized carbons (Fsp3) is 0.0769. The SMILES string of the molecule is C=CC(=O)Nc1ccc(-n2cc(C)cn2)c(F)c1. The fourth-order valence-electron chi connectivity index (χ4n) is 1.51. The van der Waals surface area contributed by atoms with E-state index in [1.54, 1.807) is 24.5 Å². The molecule has 0 aliphatic heterocycles. The van der Waals surface area contributed by atoms with Crippen LogP contribution in [0.5, 0.6) is 0 Å². The fourth-order valence-corrected chi connectivity index (χ4v) is 1.51. The summed E-state index contributed by atoms with van der Waals surface area (Å²) in [6, 6.07) is 4.41. The highest BCUT2D eigenvalue weighted by atomic mass is 19.1. The third kappa shape index (κ3) is 2.45. The molecule has 0 aliphatic carbocycles. The van der Waals surface area contributed by atoms with Crippen LogP contribution in [0.2, 0.25) is 0 Å². The Morgan fingerprint density at radius 1 is 1.56 bits per heavy atom. The van der Waals surface area contributed by atoms with E-state index in [0.717, 1.165) is 11.6 Å². The zero-order valence-electron chi connectivity index (χ0n) is 9.85. The van der Waals surface area contributed by atoms with Crippen molar-refractivity contribution in [1.82, 2.24) is 9.78 Å². The molecule has 0 saturated carbocycles. The molecule has 0 saturated heterocycles. The Hall–Kier alpha value is -2.43. The van der Waals surface area contributed by atoms with Crippen LogP contribution in [-0.2, 0) is 4.79 Å². The van der Waals surface area contributed by atoms with Gasteiger partial charge < -0.3 is 5.32 Å². The molecule has 5 heteroatoms. The summed E-state index contributed by atoms with van der Waals surface area (Å²) in [5.41, 5.74) is 1.66. The van der Waals surface area contributed by atoms with Gasteiger partial charge in [-0.1, -0.05) is 6.58 Å². The number of aromatic nitrogens is 2. The van der Waals surface area contributed by atoms with E-state index >= 15 is 0 Å². The number of halogens is 1. The second kappa shape index (κ2) is 4.83. The van der Waals surface area contributed by atoms with Crippen molar-refractivity contribution in [2.24, 2.45) is 0 Å². The van der Waals surface area contributed by atoms with Gasteiger partial charge in [0, 0.05) is 11.9 Å². The van der Waals surface area contributed by atoms with Crippen molar-refractivity contribution in [3.63, 3.8) is 0 Å². The highest BCUT2D eigenvalue weighted by Crippen LogP contribution is 2.18. The van der Waals surface area contributed by atoms with Crippen molar-refractivity contribution in [3.8, 4) is 5.69 Å². The number of carbonyl (C=O) groups is 1. The quantitative estimate of drug-likeness (QED) is 0.844. The van der Waals surface area contributed by atoms with Crippen LogP contribution in [0.15, 0.2) is 43.2 Å². The molecule has 0 spiro atoms. The Bertz CT molecular complexity index is 604. The first kappa shape index (κ1) is 12.0. The molecule has 0 atom stereocenters. The number of benzene rings is 1. The van der Waals surface area contributed by atoms with E-state index in [4.69, 9.17) is 0 Å². The lowest BCUT2D eigenvalue weighted by Crippen LogP contribution is -2.08. The minimum atomic E-state index is -0.458. The number of carbonyl (C=O) groups excluding carboxylic acids is 1. The molecule has 0 radical (unpaired) electrons. The zero-order valence-corrected chi connectivity index (χ0v) is 9.85. The minimum absolute atomic E-state index is 0.333. The summed E-state index contributed by atoms with van der Waals surface area (Å²) >= 11 is 0. The van der Waals surface area contributed by atoms with E-state index in [-0.39, 0.29) is 5.91 Å². The van der Waals surface area contributed by atoms with E-state index in [1.807, 2.05) is 6.92 Å². The number of anilines is 1. The summed E-state index contributed by atoms with van der Waals surface area (Å²) in [7, 11) is 0. The van der Waals surface area contributed by atoms with Gasteiger partial charge in [-0.15, -0.1) is 0 Å². The van der Waals surface area contributed by atoms with Crippen molar-refractivity contribution in [1.29, 1.82) is 0 Å². The van der Waals surface area contributed by atoms with Gasteiger partial charge in [-0.3, -0.25) is 4.79 Å². The first-order chi connectivity index (χ1) is 8.60. The van der Waals surface area contributed by atoms with Crippen LogP contribution in [0.4, 0.5) is 10.1 Å². The maximum absolute atomic E-state index is 13.9. The largest absolute Gasteiger partial charge is 0.322 e. The number of hydrogen-bond donors (Lipinski definition) is 1. The molecule has 92 valence electrons. The second-order valence-electron chi connectivity index (χ2n) is 3.82. The van der Waals surface area contributed by atoms with E-state index in [2.05, 4.69) is 17.0 Å². The van der Waals surface area contributed by atoms with Crippen molar-refractivity contribution < 1.29 is 9.18 Å². The molecule has 2 rings (SSSR count). The first-order valence-corrected chi connectivity index (χ1v) is 5.35. The van der Waals surface area contributed by atoms with E-state index in [0.29, 0.717) is 11.4 Å². The van der Waals surface area contributed by atoms with Crippen LogP contribution >= 0.6 is 0 Å². The summed E-state index contributed by atoms with van der Waals surface area (Å²) in [6.45, 7) is 5.20. The van der Waals surface area contributed by atoms with Gasteiger partial charge in [-0.25, -0.2) is 9.07 Å². The molecule has 1 N–H and O–H groups in total. The lowest BCUT2D eigenvalue weighted by Gasteiger charge is -2.06. The summed E-state index contributed by atoms with van der Waals surface area (Å²) < 4.78 is 15.3. The number of amides is 1. The van der Waals surface area contributed by atoms with Gasteiger partial charge in [0.15, 0.2) is 5.82 Å². The van der Waals surface area contributed by atoms with Gasteiger partial charge in [0.2, 0.25) is 5.91 Å². The lowest BCUT2D eigenvalue weighted by atomic mass is 10.2. The molecule has 1 aromatic heterocycles. The van der Waals surface area contributed by atoms with Crippen molar-refractivity contribution in [2.45, 2.75) is 6.92 Å². The molecule has 1 heterocycles. The zero-order chi connectivity index (χ0) is 13.1. The van der Waals surface area contributed by atoms with E-state index in [9.17, 15) is 9.18 Å². The van der Waals surface area contributed by atoms with Crippen LogP contribution in [0.3, 0.4) is 0 Å². The lowest BCUT2D eigenvalue weighted by molar-refractivity contribution is -0.111. The predicted octanol–water partition coefficient (Wildman–Crippen LogP) is 2.44. The van der Waals surface area contributed by atoms with Crippen LogP contribution in [0.25, 0.3) is 5.69 Å². The Labute approximate surface area is 104 Å². The van der Waals surface area contributed by atoms with E-state index in [1.165, 1.54) is 10.7 Å². The van der Waals surface area contributed by atoms with Crippen LogP contribution in [0, 0.1) is 12.7 Å². The van der Waals surface area contributed by atoms with Gasteiger partial charge in [0.05, 0.1) is 6.20 Å². The Kier molecular flexibility index (Phi) is 3.23.